The molecule has 0 saturated carbocycles. The lowest BCUT2D eigenvalue weighted by molar-refractivity contribution is 0.0953. The zero-order chi connectivity index (χ0) is 17.1. The normalized spacial score (nSPS) is 10.9. The molecule has 6 nitrogen and oxygen atoms in total. The van der Waals surface area contributed by atoms with E-state index in [1.54, 1.807) is 12.4 Å². The summed E-state index contributed by atoms with van der Waals surface area (Å²) in [5, 5.41) is 7.27. The highest BCUT2D eigenvalue weighted by Gasteiger charge is 2.23. The third-order valence-corrected chi connectivity index (χ3v) is 3.87. The number of hydrogen-bond donors (Lipinski definition) is 1. The van der Waals surface area contributed by atoms with Gasteiger partial charge in [0.05, 0.1) is 16.8 Å². The molecule has 1 aromatic carbocycles. The van der Waals surface area contributed by atoms with Gasteiger partial charge in [-0.1, -0.05) is 25.1 Å². The van der Waals surface area contributed by atoms with Gasteiger partial charge < -0.3 is 9.88 Å². The van der Waals surface area contributed by atoms with Crippen molar-refractivity contribution in [2.45, 2.75) is 26.8 Å². The summed E-state index contributed by atoms with van der Waals surface area (Å²) >= 11 is 0. The third-order valence-electron chi connectivity index (χ3n) is 3.87. The lowest BCUT2D eigenvalue weighted by Gasteiger charge is -2.10. The highest BCUT2D eigenvalue weighted by atomic mass is 16.2. The van der Waals surface area contributed by atoms with Crippen LogP contribution in [0.15, 0.2) is 47.5 Å². The Labute approximate surface area is 140 Å². The maximum Gasteiger partial charge on any atom is 0.282 e. The number of benzene rings is 1. The van der Waals surface area contributed by atoms with E-state index in [2.05, 4.69) is 10.4 Å². The molecule has 0 spiro atoms. The Hall–Kier alpha value is -2.89. The van der Waals surface area contributed by atoms with Crippen LogP contribution >= 0.6 is 0 Å². The van der Waals surface area contributed by atoms with E-state index in [-0.39, 0.29) is 11.5 Å². The number of nitrogens with zero attached hydrogens (tertiary/aromatic N) is 3. The molecule has 2 aliphatic heterocycles. The highest BCUT2D eigenvalue weighted by Crippen LogP contribution is 2.22. The second-order valence-corrected chi connectivity index (χ2v) is 5.57. The molecular weight excluding hydrogens is 304 g/mol. The van der Waals surface area contributed by atoms with Crippen LogP contribution < -0.4 is 10.9 Å². The largest absolute Gasteiger partial charge is 0.353 e. The molecule has 0 aliphatic carbocycles. The smallest absolute Gasteiger partial charge is 0.282 e. The third kappa shape index (κ3) is 2.82. The number of carbonyl (C=O) groups is 1. The SMILES string of the molecule is CCCNC(=O)c1cn(CC)cc2c(=O)n(-c3ccccc3)nc1-2. The summed E-state index contributed by atoms with van der Waals surface area (Å²) in [6.07, 6.45) is 4.34. The molecule has 0 radical (unpaired) electrons. The van der Waals surface area contributed by atoms with Gasteiger partial charge in [-0.05, 0) is 25.5 Å². The molecule has 0 aromatic heterocycles. The number of fused-ring (bicyclic) bond motifs is 1. The lowest BCUT2D eigenvalue weighted by atomic mass is 10.1. The zero-order valence-corrected chi connectivity index (χ0v) is 13.8. The van der Waals surface area contributed by atoms with E-state index in [0.29, 0.717) is 35.6 Å². The van der Waals surface area contributed by atoms with Crippen molar-refractivity contribution in [2.24, 2.45) is 0 Å². The summed E-state index contributed by atoms with van der Waals surface area (Å²) in [6, 6.07) is 9.21. The number of pyridine rings is 1. The lowest BCUT2D eigenvalue weighted by Crippen LogP contribution is -2.25. The summed E-state index contributed by atoms with van der Waals surface area (Å²) < 4.78 is 3.18. The first kappa shape index (κ1) is 16.0. The van der Waals surface area contributed by atoms with Gasteiger partial charge in [0.25, 0.3) is 11.5 Å². The average molecular weight is 324 g/mol. The predicted octanol–water partition coefficient (Wildman–Crippen LogP) is 2.30. The van der Waals surface area contributed by atoms with E-state index in [0.717, 1.165) is 6.42 Å². The van der Waals surface area contributed by atoms with Gasteiger partial charge in [-0.15, -0.1) is 0 Å². The molecule has 0 saturated heterocycles. The van der Waals surface area contributed by atoms with Crippen molar-refractivity contribution in [1.82, 2.24) is 19.7 Å². The van der Waals surface area contributed by atoms with Gasteiger partial charge in [0.1, 0.15) is 5.69 Å². The Morgan fingerprint density at radius 1 is 1.17 bits per heavy atom. The van der Waals surface area contributed by atoms with Crippen molar-refractivity contribution in [3.63, 3.8) is 0 Å². The number of rotatable bonds is 5. The molecule has 0 bridgehead atoms. The van der Waals surface area contributed by atoms with Crippen molar-refractivity contribution in [2.75, 3.05) is 6.54 Å². The molecule has 0 atom stereocenters. The van der Waals surface area contributed by atoms with E-state index in [1.807, 2.05) is 48.7 Å². The Morgan fingerprint density at radius 2 is 1.92 bits per heavy atom. The summed E-state index contributed by atoms with van der Waals surface area (Å²) in [5.74, 6) is -0.206. The molecule has 1 amide bonds. The first-order valence-corrected chi connectivity index (χ1v) is 8.12. The fraction of sp³-hybridized carbons (Fsp3) is 0.278. The van der Waals surface area contributed by atoms with Crippen LogP contribution in [0.4, 0.5) is 0 Å². The number of amides is 1. The standard InChI is InChI=1S/C18H20N4O2/c1-3-10-19-17(23)14-11-21(4-2)12-15-16(14)20-22(18(15)24)13-8-6-5-7-9-13/h5-9,11-12H,3-4,10H2,1-2H3,(H,19,23). The number of hydrogen-bond acceptors (Lipinski definition) is 3. The van der Waals surface area contributed by atoms with Crippen LogP contribution in [-0.2, 0) is 6.54 Å². The van der Waals surface area contributed by atoms with Crippen LogP contribution in [-0.4, -0.2) is 26.8 Å². The Bertz CT molecular complexity index is 880. The summed E-state index contributed by atoms with van der Waals surface area (Å²) in [5.41, 5.74) is 1.77. The number of aryl methyl sites for hydroxylation is 1. The monoisotopic (exact) mass is 324 g/mol. The van der Waals surface area contributed by atoms with Crippen LogP contribution in [0.3, 0.4) is 0 Å². The van der Waals surface area contributed by atoms with Gasteiger partial charge in [0, 0.05) is 25.5 Å². The van der Waals surface area contributed by atoms with Gasteiger partial charge in [-0.2, -0.15) is 9.78 Å². The van der Waals surface area contributed by atoms with Crippen molar-refractivity contribution in [3.05, 3.63) is 58.6 Å². The van der Waals surface area contributed by atoms with Crippen molar-refractivity contribution >= 4 is 5.91 Å². The number of carbonyl (C=O) groups excluding carboxylic acids is 1. The van der Waals surface area contributed by atoms with Crippen molar-refractivity contribution in [3.8, 4) is 16.9 Å². The second-order valence-electron chi connectivity index (χ2n) is 5.57. The molecular formula is C18H20N4O2. The van der Waals surface area contributed by atoms with E-state index >= 15 is 0 Å². The molecule has 3 rings (SSSR count). The molecule has 2 heterocycles. The maximum atomic E-state index is 12.7. The zero-order valence-electron chi connectivity index (χ0n) is 13.8. The fourth-order valence-corrected chi connectivity index (χ4v) is 2.59. The van der Waals surface area contributed by atoms with Gasteiger partial charge in [0.15, 0.2) is 0 Å². The summed E-state index contributed by atoms with van der Waals surface area (Å²) in [6.45, 7) is 5.21. The Kier molecular flexibility index (Phi) is 4.46. The van der Waals surface area contributed by atoms with Gasteiger partial charge in [-0.3, -0.25) is 9.59 Å². The van der Waals surface area contributed by atoms with Crippen LogP contribution in [0.2, 0.25) is 0 Å². The summed E-state index contributed by atoms with van der Waals surface area (Å²) in [7, 11) is 0. The molecule has 6 heteroatoms. The van der Waals surface area contributed by atoms with Crippen molar-refractivity contribution in [1.29, 1.82) is 0 Å². The van der Waals surface area contributed by atoms with Gasteiger partial charge >= 0.3 is 0 Å². The first-order chi connectivity index (χ1) is 11.7. The van der Waals surface area contributed by atoms with E-state index in [4.69, 9.17) is 0 Å². The fourth-order valence-electron chi connectivity index (χ4n) is 2.59. The molecule has 24 heavy (non-hydrogen) atoms. The molecule has 0 unspecified atom stereocenters. The molecule has 1 aromatic rings. The minimum atomic E-state index is -0.219. The predicted molar refractivity (Wildman–Crippen MR) is 92.7 cm³/mol. The second kappa shape index (κ2) is 6.70. The Balaban J connectivity index is 2.18. The highest BCUT2D eigenvalue weighted by molar-refractivity contribution is 5.99. The topological polar surface area (TPSA) is 68.9 Å². The van der Waals surface area contributed by atoms with Crippen LogP contribution in [0, 0.1) is 0 Å². The van der Waals surface area contributed by atoms with Gasteiger partial charge in [-0.25, -0.2) is 0 Å². The molecule has 124 valence electrons. The van der Waals surface area contributed by atoms with Crippen LogP contribution in [0.25, 0.3) is 16.9 Å². The quantitative estimate of drug-likeness (QED) is 0.783. The molecule has 1 N–H and O–H groups in total. The number of nitrogens with one attached hydrogen (secondary N) is 1. The van der Waals surface area contributed by atoms with Crippen molar-refractivity contribution < 1.29 is 4.79 Å². The first-order valence-electron chi connectivity index (χ1n) is 8.12. The minimum absolute atomic E-state index is 0.206. The number of para-hydroxylation sites is 1. The summed E-state index contributed by atoms with van der Waals surface area (Å²) in [4.78, 5) is 25.2. The average Bonchev–Trinajstić information content (AvgIpc) is 2.96. The minimum Gasteiger partial charge on any atom is -0.353 e. The van der Waals surface area contributed by atoms with Gasteiger partial charge in [0.2, 0.25) is 0 Å². The van der Waals surface area contributed by atoms with Crippen LogP contribution in [0.1, 0.15) is 30.6 Å². The van der Waals surface area contributed by atoms with Crippen LogP contribution in [0.5, 0.6) is 0 Å². The Morgan fingerprint density at radius 3 is 2.58 bits per heavy atom. The molecule has 0 fully saturated rings. The van der Waals surface area contributed by atoms with E-state index < -0.39 is 0 Å². The van der Waals surface area contributed by atoms with E-state index in [9.17, 15) is 9.59 Å². The molecule has 2 aliphatic rings. The maximum absolute atomic E-state index is 12.7. The van der Waals surface area contributed by atoms with E-state index in [1.165, 1.54) is 4.68 Å². The number of aromatic nitrogens is 3.